The summed E-state index contributed by atoms with van der Waals surface area (Å²) in [6.07, 6.45) is 25.5. The van der Waals surface area contributed by atoms with E-state index in [9.17, 15) is 0 Å². The molecule has 32 heavy (non-hydrogen) atoms. The maximum atomic E-state index is 6.17. The summed E-state index contributed by atoms with van der Waals surface area (Å²) < 4.78 is 18.5. The molecule has 0 saturated carbocycles. The summed E-state index contributed by atoms with van der Waals surface area (Å²) in [5, 5.41) is 0. The first kappa shape index (κ1) is 31.9. The lowest BCUT2D eigenvalue weighted by molar-refractivity contribution is -0.403. The highest BCUT2D eigenvalue weighted by Gasteiger charge is 2.41. The zero-order chi connectivity index (χ0) is 23.8. The Hall–Kier alpha value is -0.120. The van der Waals surface area contributed by atoms with Gasteiger partial charge < -0.3 is 14.2 Å². The van der Waals surface area contributed by atoms with Crippen molar-refractivity contribution in [1.29, 1.82) is 0 Å². The molecule has 1 unspecified atom stereocenters. The summed E-state index contributed by atoms with van der Waals surface area (Å²) in [6.45, 7) is 12.6. The molecule has 194 valence electrons. The maximum Gasteiger partial charge on any atom is 0.285 e. The van der Waals surface area contributed by atoms with E-state index in [4.69, 9.17) is 14.2 Å². The fraction of sp³-hybridized carbons (Fsp3) is 1.00. The van der Waals surface area contributed by atoms with Gasteiger partial charge in [0.15, 0.2) is 0 Å². The highest BCUT2D eigenvalue weighted by Crippen LogP contribution is 2.34. The quantitative estimate of drug-likeness (QED) is 0.0957. The lowest BCUT2D eigenvalue weighted by atomic mass is 9.91. The van der Waals surface area contributed by atoms with Crippen LogP contribution in [-0.2, 0) is 14.2 Å². The van der Waals surface area contributed by atoms with Gasteiger partial charge in [0.05, 0.1) is 0 Å². The van der Waals surface area contributed by atoms with Crippen molar-refractivity contribution in [3.05, 3.63) is 0 Å². The van der Waals surface area contributed by atoms with Gasteiger partial charge in [-0.1, -0.05) is 123 Å². The van der Waals surface area contributed by atoms with Crippen LogP contribution < -0.4 is 0 Å². The van der Waals surface area contributed by atoms with Gasteiger partial charge in [0.25, 0.3) is 5.97 Å². The maximum absolute atomic E-state index is 6.17. The van der Waals surface area contributed by atoms with E-state index in [1.165, 1.54) is 109 Å². The van der Waals surface area contributed by atoms with Gasteiger partial charge in [0, 0.05) is 25.7 Å². The minimum atomic E-state index is -0.847. The molecule has 0 fully saturated rings. The second-order valence-corrected chi connectivity index (χ2v) is 9.48. The monoisotopic (exact) mass is 456 g/mol. The zero-order valence-corrected chi connectivity index (χ0v) is 22.9. The Bertz CT molecular complexity index is 341. The van der Waals surface area contributed by atoms with Crippen LogP contribution in [-0.4, -0.2) is 25.8 Å². The third kappa shape index (κ3) is 16.5. The molecule has 3 nitrogen and oxygen atoms in total. The minimum Gasteiger partial charge on any atom is -0.328 e. The van der Waals surface area contributed by atoms with Crippen molar-refractivity contribution in [1.82, 2.24) is 0 Å². The molecule has 0 amide bonds. The Labute approximate surface area is 202 Å². The van der Waals surface area contributed by atoms with E-state index in [0.717, 1.165) is 12.8 Å². The average Bonchev–Trinajstić information content (AvgIpc) is 2.78. The van der Waals surface area contributed by atoms with Crippen molar-refractivity contribution >= 4 is 0 Å². The van der Waals surface area contributed by atoms with Crippen molar-refractivity contribution in [2.75, 3.05) is 19.8 Å². The summed E-state index contributed by atoms with van der Waals surface area (Å²) >= 11 is 0. The summed E-state index contributed by atoms with van der Waals surface area (Å²) in [5.74, 6) is -0.521. The third-order valence-corrected chi connectivity index (χ3v) is 6.60. The Morgan fingerprint density at radius 3 is 0.969 bits per heavy atom. The number of hydrogen-bond acceptors (Lipinski definition) is 3. The molecule has 3 heteroatoms. The second kappa shape index (κ2) is 24.0. The van der Waals surface area contributed by atoms with E-state index >= 15 is 0 Å². The first-order valence-corrected chi connectivity index (χ1v) is 14.6. The molecule has 0 saturated heterocycles. The SMILES string of the molecule is CCCCCCCCCCCCCC(CCCCCCCC)C(OCC)(OCC)OCC. The number of rotatable bonds is 26. The zero-order valence-electron chi connectivity index (χ0n) is 22.9. The highest BCUT2D eigenvalue weighted by atomic mass is 16.9. The van der Waals surface area contributed by atoms with Crippen LogP contribution >= 0.6 is 0 Å². The van der Waals surface area contributed by atoms with E-state index in [-0.39, 0.29) is 0 Å². The van der Waals surface area contributed by atoms with Crippen molar-refractivity contribution in [3.8, 4) is 0 Å². The second-order valence-electron chi connectivity index (χ2n) is 9.48. The van der Waals surface area contributed by atoms with Crippen molar-refractivity contribution in [2.45, 2.75) is 163 Å². The number of ether oxygens (including phenoxy) is 3. The van der Waals surface area contributed by atoms with Crippen LogP contribution in [0.25, 0.3) is 0 Å². The van der Waals surface area contributed by atoms with Crippen LogP contribution in [0.3, 0.4) is 0 Å². The lowest BCUT2D eigenvalue weighted by Gasteiger charge is -2.39. The van der Waals surface area contributed by atoms with E-state index in [1.54, 1.807) is 0 Å². The van der Waals surface area contributed by atoms with Crippen molar-refractivity contribution in [3.63, 3.8) is 0 Å². The van der Waals surface area contributed by atoms with Crippen molar-refractivity contribution < 1.29 is 14.2 Å². The normalized spacial score (nSPS) is 13.0. The molecule has 0 aromatic rings. The largest absolute Gasteiger partial charge is 0.328 e. The fourth-order valence-corrected chi connectivity index (χ4v) is 4.81. The molecule has 0 aromatic heterocycles. The summed E-state index contributed by atoms with van der Waals surface area (Å²) in [5.41, 5.74) is 0. The fourth-order valence-electron chi connectivity index (χ4n) is 4.81. The molecular weight excluding hydrogens is 396 g/mol. The van der Waals surface area contributed by atoms with Crippen LogP contribution in [0.4, 0.5) is 0 Å². The van der Waals surface area contributed by atoms with Crippen molar-refractivity contribution in [2.24, 2.45) is 5.92 Å². The third-order valence-electron chi connectivity index (χ3n) is 6.60. The van der Waals surface area contributed by atoms with Gasteiger partial charge >= 0.3 is 0 Å². The average molecular weight is 457 g/mol. The molecule has 0 heterocycles. The van der Waals surface area contributed by atoms with Gasteiger partial charge in [-0.15, -0.1) is 0 Å². The van der Waals surface area contributed by atoms with Crippen LogP contribution in [0, 0.1) is 5.92 Å². The van der Waals surface area contributed by atoms with Crippen LogP contribution in [0.2, 0.25) is 0 Å². The smallest absolute Gasteiger partial charge is 0.285 e. The molecule has 0 aliphatic rings. The topological polar surface area (TPSA) is 27.7 Å². The predicted molar refractivity (Wildman–Crippen MR) is 140 cm³/mol. The molecule has 0 N–H and O–H groups in total. The Balaban J connectivity index is 4.44. The molecule has 0 aliphatic heterocycles. The lowest BCUT2D eigenvalue weighted by Crippen LogP contribution is -2.46. The molecule has 0 bridgehead atoms. The first-order valence-electron chi connectivity index (χ1n) is 14.6. The summed E-state index contributed by atoms with van der Waals surface area (Å²) in [7, 11) is 0. The molecule has 1 atom stereocenters. The van der Waals surface area contributed by atoms with Gasteiger partial charge in [-0.05, 0) is 33.6 Å². The standard InChI is InChI=1S/C29H60O3/c1-6-11-13-15-17-18-19-20-21-23-25-27-28(26-24-22-16-14-12-7-2)29(30-8-3,31-9-4)32-10-5/h28H,6-27H2,1-5H3. The Kier molecular flexibility index (Phi) is 23.9. The molecule has 0 aromatic carbocycles. The molecule has 0 radical (unpaired) electrons. The van der Waals surface area contributed by atoms with Gasteiger partial charge in [-0.3, -0.25) is 0 Å². The van der Waals surface area contributed by atoms with Crippen LogP contribution in [0.1, 0.15) is 157 Å². The Morgan fingerprint density at radius 2 is 0.688 bits per heavy atom. The van der Waals surface area contributed by atoms with Crippen LogP contribution in [0.15, 0.2) is 0 Å². The van der Waals surface area contributed by atoms with Gasteiger partial charge in [0.2, 0.25) is 0 Å². The van der Waals surface area contributed by atoms with E-state index in [2.05, 4.69) is 34.6 Å². The van der Waals surface area contributed by atoms with E-state index < -0.39 is 5.97 Å². The molecule has 0 rings (SSSR count). The molecular formula is C29H60O3. The van der Waals surface area contributed by atoms with E-state index in [0.29, 0.717) is 25.7 Å². The van der Waals surface area contributed by atoms with E-state index in [1.807, 2.05) is 0 Å². The van der Waals surface area contributed by atoms with Crippen LogP contribution in [0.5, 0.6) is 0 Å². The molecule has 0 aliphatic carbocycles. The Morgan fingerprint density at radius 1 is 0.406 bits per heavy atom. The van der Waals surface area contributed by atoms with Gasteiger partial charge in [-0.25, -0.2) is 0 Å². The van der Waals surface area contributed by atoms with Gasteiger partial charge in [-0.2, -0.15) is 0 Å². The number of hydrogen-bond donors (Lipinski definition) is 0. The number of unbranched alkanes of at least 4 members (excludes halogenated alkanes) is 15. The minimum absolute atomic E-state index is 0.326. The predicted octanol–water partition coefficient (Wildman–Crippen LogP) is 9.82. The highest BCUT2D eigenvalue weighted by molar-refractivity contribution is 4.73. The summed E-state index contributed by atoms with van der Waals surface area (Å²) in [6, 6.07) is 0. The van der Waals surface area contributed by atoms with Gasteiger partial charge in [0.1, 0.15) is 0 Å². The molecule has 0 spiro atoms. The first-order chi connectivity index (χ1) is 15.7. The summed E-state index contributed by atoms with van der Waals surface area (Å²) in [4.78, 5) is 0.